The van der Waals surface area contributed by atoms with Crippen LogP contribution in [-0.4, -0.2) is 43.8 Å². The van der Waals surface area contributed by atoms with Gasteiger partial charge in [-0.15, -0.1) is 0 Å². The SMILES string of the molecule is CC(CNCc1ccco1)N(C)C1CCOC1. The van der Waals surface area contributed by atoms with Crippen LogP contribution in [-0.2, 0) is 11.3 Å². The average Bonchev–Trinajstić information content (AvgIpc) is 3.00. The molecule has 0 amide bonds. The maximum Gasteiger partial charge on any atom is 0.117 e. The summed E-state index contributed by atoms with van der Waals surface area (Å²) in [6, 6.07) is 5.00. The number of furan rings is 1. The summed E-state index contributed by atoms with van der Waals surface area (Å²) in [7, 11) is 2.18. The first-order chi connectivity index (χ1) is 8.27. The summed E-state index contributed by atoms with van der Waals surface area (Å²) in [5, 5.41) is 3.42. The largest absolute Gasteiger partial charge is 0.468 e. The number of nitrogens with zero attached hydrogens (tertiary/aromatic N) is 1. The fourth-order valence-electron chi connectivity index (χ4n) is 2.16. The lowest BCUT2D eigenvalue weighted by atomic mass is 10.2. The minimum atomic E-state index is 0.511. The zero-order valence-corrected chi connectivity index (χ0v) is 10.7. The molecule has 0 radical (unpaired) electrons. The van der Waals surface area contributed by atoms with E-state index in [0.717, 1.165) is 38.5 Å². The molecule has 0 aromatic carbocycles. The van der Waals surface area contributed by atoms with E-state index in [9.17, 15) is 0 Å². The summed E-state index contributed by atoms with van der Waals surface area (Å²) in [6.07, 6.45) is 2.86. The molecule has 1 aliphatic heterocycles. The van der Waals surface area contributed by atoms with Crippen molar-refractivity contribution in [3.63, 3.8) is 0 Å². The molecule has 2 rings (SSSR count). The van der Waals surface area contributed by atoms with Crippen LogP contribution in [0.4, 0.5) is 0 Å². The highest BCUT2D eigenvalue weighted by Gasteiger charge is 2.23. The molecule has 0 saturated carbocycles. The van der Waals surface area contributed by atoms with Gasteiger partial charge in [-0.25, -0.2) is 0 Å². The molecule has 2 heterocycles. The van der Waals surface area contributed by atoms with Gasteiger partial charge in [0.05, 0.1) is 19.4 Å². The van der Waals surface area contributed by atoms with Gasteiger partial charge in [-0.05, 0) is 32.5 Å². The first-order valence-electron chi connectivity index (χ1n) is 6.30. The smallest absolute Gasteiger partial charge is 0.117 e. The Morgan fingerprint density at radius 3 is 3.12 bits per heavy atom. The van der Waals surface area contributed by atoms with Crippen LogP contribution >= 0.6 is 0 Å². The van der Waals surface area contributed by atoms with E-state index in [2.05, 4.69) is 24.2 Å². The summed E-state index contributed by atoms with van der Waals surface area (Å²) in [6.45, 7) is 5.79. The van der Waals surface area contributed by atoms with Gasteiger partial charge in [0.15, 0.2) is 0 Å². The third-order valence-electron chi connectivity index (χ3n) is 3.50. The summed E-state index contributed by atoms with van der Waals surface area (Å²) in [5.41, 5.74) is 0. The van der Waals surface area contributed by atoms with Crippen LogP contribution < -0.4 is 5.32 Å². The molecular formula is C13H22N2O2. The lowest BCUT2D eigenvalue weighted by molar-refractivity contribution is 0.136. The normalized spacial score (nSPS) is 22.2. The third kappa shape index (κ3) is 3.56. The van der Waals surface area contributed by atoms with Crippen LogP contribution in [0, 0.1) is 0 Å². The summed E-state index contributed by atoms with van der Waals surface area (Å²) in [5.74, 6) is 0.990. The van der Waals surface area contributed by atoms with Gasteiger partial charge < -0.3 is 14.5 Å². The number of ether oxygens (including phenoxy) is 1. The first-order valence-corrected chi connectivity index (χ1v) is 6.30. The molecule has 1 fully saturated rings. The van der Waals surface area contributed by atoms with Crippen LogP contribution in [0.1, 0.15) is 19.1 Å². The topological polar surface area (TPSA) is 37.6 Å². The molecule has 0 spiro atoms. The molecule has 1 aromatic heterocycles. The van der Waals surface area contributed by atoms with E-state index < -0.39 is 0 Å². The Morgan fingerprint density at radius 1 is 1.59 bits per heavy atom. The highest BCUT2D eigenvalue weighted by Crippen LogP contribution is 2.13. The van der Waals surface area contributed by atoms with Crippen LogP contribution in [0.15, 0.2) is 22.8 Å². The molecule has 4 nitrogen and oxygen atoms in total. The lowest BCUT2D eigenvalue weighted by Gasteiger charge is -2.29. The second-order valence-electron chi connectivity index (χ2n) is 4.74. The fraction of sp³-hybridized carbons (Fsp3) is 0.692. The predicted molar refractivity (Wildman–Crippen MR) is 66.9 cm³/mol. The van der Waals surface area contributed by atoms with Crippen molar-refractivity contribution >= 4 is 0 Å². The molecule has 1 saturated heterocycles. The molecule has 2 atom stereocenters. The van der Waals surface area contributed by atoms with Crippen LogP contribution in [0.5, 0.6) is 0 Å². The van der Waals surface area contributed by atoms with Gasteiger partial charge in [-0.2, -0.15) is 0 Å². The Labute approximate surface area is 103 Å². The van der Waals surface area contributed by atoms with Crippen molar-refractivity contribution in [2.24, 2.45) is 0 Å². The molecule has 0 aliphatic carbocycles. The third-order valence-corrected chi connectivity index (χ3v) is 3.50. The van der Waals surface area contributed by atoms with Crippen LogP contribution in [0.3, 0.4) is 0 Å². The van der Waals surface area contributed by atoms with Crippen molar-refractivity contribution in [1.29, 1.82) is 0 Å². The zero-order valence-electron chi connectivity index (χ0n) is 10.7. The van der Waals surface area contributed by atoms with Gasteiger partial charge in [-0.1, -0.05) is 0 Å². The summed E-state index contributed by atoms with van der Waals surface area (Å²) >= 11 is 0. The molecule has 17 heavy (non-hydrogen) atoms. The number of rotatable bonds is 6. The first kappa shape index (κ1) is 12.6. The number of nitrogens with one attached hydrogen (secondary N) is 1. The van der Waals surface area contributed by atoms with E-state index >= 15 is 0 Å². The molecule has 4 heteroatoms. The quantitative estimate of drug-likeness (QED) is 0.814. The van der Waals surface area contributed by atoms with E-state index in [1.807, 2.05) is 12.1 Å². The highest BCUT2D eigenvalue weighted by atomic mass is 16.5. The fourth-order valence-corrected chi connectivity index (χ4v) is 2.16. The minimum absolute atomic E-state index is 0.511. The minimum Gasteiger partial charge on any atom is -0.468 e. The van der Waals surface area contributed by atoms with Gasteiger partial charge in [0.1, 0.15) is 5.76 Å². The second kappa shape index (κ2) is 6.19. The zero-order chi connectivity index (χ0) is 12.1. The summed E-state index contributed by atoms with van der Waals surface area (Å²) in [4.78, 5) is 2.40. The molecule has 0 bridgehead atoms. The van der Waals surface area contributed by atoms with Crippen LogP contribution in [0.25, 0.3) is 0 Å². The molecular weight excluding hydrogens is 216 g/mol. The Kier molecular flexibility index (Phi) is 4.59. The van der Waals surface area contributed by atoms with E-state index in [4.69, 9.17) is 9.15 Å². The number of likely N-dealkylation sites (N-methyl/N-ethyl adjacent to an activating group) is 1. The van der Waals surface area contributed by atoms with Crippen molar-refractivity contribution in [3.05, 3.63) is 24.2 Å². The van der Waals surface area contributed by atoms with Gasteiger partial charge in [0.25, 0.3) is 0 Å². The van der Waals surface area contributed by atoms with Crippen molar-refractivity contribution in [2.45, 2.75) is 32.0 Å². The standard InChI is InChI=1S/C13H22N2O2/c1-11(15(2)12-5-7-16-10-12)8-14-9-13-4-3-6-17-13/h3-4,6,11-12,14H,5,7-10H2,1-2H3. The Hall–Kier alpha value is -0.840. The monoisotopic (exact) mass is 238 g/mol. The molecule has 96 valence electrons. The number of hydrogen-bond acceptors (Lipinski definition) is 4. The molecule has 2 unspecified atom stereocenters. The van der Waals surface area contributed by atoms with Gasteiger partial charge in [-0.3, -0.25) is 4.90 Å². The Balaban J connectivity index is 1.67. The van der Waals surface area contributed by atoms with Gasteiger partial charge in [0.2, 0.25) is 0 Å². The van der Waals surface area contributed by atoms with Crippen molar-refractivity contribution in [1.82, 2.24) is 10.2 Å². The molecule has 1 aliphatic rings. The maximum atomic E-state index is 5.41. The second-order valence-corrected chi connectivity index (χ2v) is 4.74. The van der Waals surface area contributed by atoms with Crippen LogP contribution in [0.2, 0.25) is 0 Å². The van der Waals surface area contributed by atoms with E-state index in [1.54, 1.807) is 6.26 Å². The maximum absolute atomic E-state index is 5.41. The highest BCUT2D eigenvalue weighted by molar-refractivity contribution is 4.97. The molecule has 1 aromatic rings. The number of hydrogen-bond donors (Lipinski definition) is 1. The van der Waals surface area contributed by atoms with Crippen molar-refractivity contribution < 1.29 is 9.15 Å². The Morgan fingerprint density at radius 2 is 2.47 bits per heavy atom. The van der Waals surface area contributed by atoms with E-state index in [-0.39, 0.29) is 0 Å². The van der Waals surface area contributed by atoms with Gasteiger partial charge >= 0.3 is 0 Å². The summed E-state index contributed by atoms with van der Waals surface area (Å²) < 4.78 is 10.7. The van der Waals surface area contributed by atoms with Crippen molar-refractivity contribution in [2.75, 3.05) is 26.8 Å². The van der Waals surface area contributed by atoms with E-state index in [0.29, 0.717) is 12.1 Å². The average molecular weight is 238 g/mol. The Bertz CT molecular complexity index is 307. The lowest BCUT2D eigenvalue weighted by Crippen LogP contribution is -2.44. The van der Waals surface area contributed by atoms with Crippen molar-refractivity contribution in [3.8, 4) is 0 Å². The van der Waals surface area contributed by atoms with E-state index in [1.165, 1.54) is 0 Å². The van der Waals surface area contributed by atoms with Gasteiger partial charge in [0, 0.05) is 25.2 Å². The molecule has 1 N–H and O–H groups in total. The predicted octanol–water partition coefficient (Wildman–Crippen LogP) is 1.48.